The molecule has 7 heteroatoms. The maximum Gasteiger partial charge on any atom is 0.289 e. The van der Waals surface area contributed by atoms with Gasteiger partial charge in [0.25, 0.3) is 5.91 Å². The van der Waals surface area contributed by atoms with E-state index in [1.165, 1.54) is 19.4 Å². The lowest BCUT2D eigenvalue weighted by Gasteiger charge is -2.24. The first-order chi connectivity index (χ1) is 12.1. The van der Waals surface area contributed by atoms with Gasteiger partial charge in [0.1, 0.15) is 6.26 Å². The summed E-state index contributed by atoms with van der Waals surface area (Å²) in [5.74, 6) is -0.140. The highest BCUT2D eigenvalue weighted by atomic mass is 16.5. The number of anilines is 1. The van der Waals surface area contributed by atoms with Crippen molar-refractivity contribution in [1.82, 2.24) is 9.88 Å². The largest absolute Gasteiger partial charge is 0.490 e. The number of hydrogen-bond acceptors (Lipinski definition) is 6. The summed E-state index contributed by atoms with van der Waals surface area (Å²) >= 11 is 0. The Bertz CT molecular complexity index is 818. The number of nitrogens with zero attached hydrogens (tertiary/aromatic N) is 3. The Kier molecular flexibility index (Phi) is 5.02. The topological polar surface area (TPSA) is 75.9 Å². The fourth-order valence-electron chi connectivity index (χ4n) is 3.00. The van der Waals surface area contributed by atoms with E-state index in [1.807, 2.05) is 19.2 Å². The van der Waals surface area contributed by atoms with Crippen molar-refractivity contribution >= 4 is 11.6 Å². The van der Waals surface area contributed by atoms with Gasteiger partial charge in [0.2, 0.25) is 11.2 Å². The van der Waals surface area contributed by atoms with Gasteiger partial charge in [-0.2, -0.15) is 0 Å². The fraction of sp³-hybridized carbons (Fsp3) is 0.389. The third-order valence-corrected chi connectivity index (χ3v) is 4.34. The van der Waals surface area contributed by atoms with Crippen molar-refractivity contribution in [3.63, 3.8) is 0 Å². The molecule has 0 aliphatic carbocycles. The lowest BCUT2D eigenvalue weighted by Crippen LogP contribution is -2.35. The number of carbonyl (C=O) groups is 1. The Morgan fingerprint density at radius 3 is 2.84 bits per heavy atom. The van der Waals surface area contributed by atoms with Crippen molar-refractivity contribution in [3.8, 4) is 5.75 Å². The predicted molar refractivity (Wildman–Crippen MR) is 93.2 cm³/mol. The summed E-state index contributed by atoms with van der Waals surface area (Å²) in [5, 5.41) is 0. The summed E-state index contributed by atoms with van der Waals surface area (Å²) < 4.78 is 10.2. The highest BCUT2D eigenvalue weighted by Gasteiger charge is 2.23. The van der Waals surface area contributed by atoms with Crippen molar-refractivity contribution in [2.45, 2.75) is 13.3 Å². The number of ether oxygens (including phenoxy) is 1. The van der Waals surface area contributed by atoms with Crippen LogP contribution < -0.4 is 15.1 Å². The molecule has 2 aromatic heterocycles. The number of pyridine rings is 1. The molecule has 3 rings (SSSR count). The van der Waals surface area contributed by atoms with E-state index >= 15 is 0 Å². The average Bonchev–Trinajstić information content (AvgIpc) is 2.87. The molecule has 0 bridgehead atoms. The van der Waals surface area contributed by atoms with E-state index in [0.29, 0.717) is 13.1 Å². The molecular weight excluding hydrogens is 322 g/mol. The molecule has 0 spiro atoms. The van der Waals surface area contributed by atoms with E-state index in [-0.39, 0.29) is 22.8 Å². The molecular formula is C18H21N3O4. The van der Waals surface area contributed by atoms with E-state index < -0.39 is 0 Å². The quantitative estimate of drug-likeness (QED) is 0.844. The summed E-state index contributed by atoms with van der Waals surface area (Å²) in [6.45, 7) is 4.80. The second-order valence-corrected chi connectivity index (χ2v) is 5.97. The Hall–Kier alpha value is -2.83. The number of amides is 1. The van der Waals surface area contributed by atoms with E-state index in [0.717, 1.165) is 30.8 Å². The van der Waals surface area contributed by atoms with E-state index in [1.54, 1.807) is 11.1 Å². The van der Waals surface area contributed by atoms with Gasteiger partial charge in [-0.3, -0.25) is 14.6 Å². The standard InChI is InChI=1S/C18H21N3O4/c1-13-11-19-5-4-14(13)20-6-3-7-21(9-8-20)18(23)16-10-15(22)17(24-2)12-25-16/h4-5,10-12H,3,6-9H2,1-2H3. The van der Waals surface area contributed by atoms with Gasteiger partial charge in [-0.15, -0.1) is 0 Å². The maximum atomic E-state index is 12.6. The Labute approximate surface area is 145 Å². The minimum Gasteiger partial charge on any atom is -0.490 e. The lowest BCUT2D eigenvalue weighted by atomic mass is 10.2. The van der Waals surface area contributed by atoms with E-state index in [2.05, 4.69) is 9.88 Å². The van der Waals surface area contributed by atoms with Crippen LogP contribution in [0.3, 0.4) is 0 Å². The second kappa shape index (κ2) is 7.38. The van der Waals surface area contributed by atoms with Gasteiger partial charge in [0.05, 0.1) is 7.11 Å². The number of hydrogen-bond donors (Lipinski definition) is 0. The first kappa shape index (κ1) is 17.0. The summed E-state index contributed by atoms with van der Waals surface area (Å²) in [5.41, 5.74) is 1.89. The van der Waals surface area contributed by atoms with Gasteiger partial charge in [-0.25, -0.2) is 0 Å². The number of methoxy groups -OCH3 is 1. The molecule has 0 radical (unpaired) electrons. The Balaban J connectivity index is 1.72. The van der Waals surface area contributed by atoms with E-state index in [9.17, 15) is 9.59 Å². The number of carbonyl (C=O) groups excluding carboxylic acids is 1. The van der Waals surface area contributed by atoms with Crippen molar-refractivity contribution in [3.05, 3.63) is 52.3 Å². The molecule has 1 aliphatic heterocycles. The zero-order valence-electron chi connectivity index (χ0n) is 14.4. The molecule has 0 atom stereocenters. The van der Waals surface area contributed by atoms with Crippen molar-refractivity contribution < 1.29 is 13.9 Å². The molecule has 0 aromatic carbocycles. The molecule has 1 saturated heterocycles. The molecule has 3 heterocycles. The normalized spacial score (nSPS) is 15.0. The zero-order valence-corrected chi connectivity index (χ0v) is 14.4. The Morgan fingerprint density at radius 2 is 2.12 bits per heavy atom. The van der Waals surface area contributed by atoms with Crippen LogP contribution in [0.2, 0.25) is 0 Å². The van der Waals surface area contributed by atoms with Gasteiger partial charge in [-0.1, -0.05) is 0 Å². The van der Waals surface area contributed by atoms with E-state index in [4.69, 9.17) is 9.15 Å². The Morgan fingerprint density at radius 1 is 1.28 bits per heavy atom. The molecule has 0 saturated carbocycles. The third kappa shape index (κ3) is 3.65. The van der Waals surface area contributed by atoms with Gasteiger partial charge in [0.15, 0.2) is 5.76 Å². The molecule has 1 amide bonds. The molecule has 1 fully saturated rings. The zero-order chi connectivity index (χ0) is 17.8. The second-order valence-electron chi connectivity index (χ2n) is 5.97. The molecule has 132 valence electrons. The van der Waals surface area contributed by atoms with Crippen molar-refractivity contribution in [2.24, 2.45) is 0 Å². The van der Waals surface area contributed by atoms with Crippen LogP contribution in [0.1, 0.15) is 22.5 Å². The molecule has 7 nitrogen and oxygen atoms in total. The average molecular weight is 343 g/mol. The predicted octanol–water partition coefficient (Wildman–Crippen LogP) is 1.70. The highest BCUT2D eigenvalue weighted by molar-refractivity contribution is 5.91. The summed E-state index contributed by atoms with van der Waals surface area (Å²) in [4.78, 5) is 32.6. The summed E-state index contributed by atoms with van der Waals surface area (Å²) in [6.07, 6.45) is 5.64. The van der Waals surface area contributed by atoms with Crippen LogP contribution in [0.4, 0.5) is 5.69 Å². The highest BCUT2D eigenvalue weighted by Crippen LogP contribution is 2.20. The van der Waals surface area contributed by atoms with Crippen LogP contribution in [0.25, 0.3) is 0 Å². The van der Waals surface area contributed by atoms with Gasteiger partial charge >= 0.3 is 0 Å². The van der Waals surface area contributed by atoms with Crippen LogP contribution in [0.5, 0.6) is 5.75 Å². The van der Waals surface area contributed by atoms with Crippen LogP contribution in [0.15, 0.2) is 40.0 Å². The van der Waals surface area contributed by atoms with Crippen LogP contribution in [-0.4, -0.2) is 49.1 Å². The monoisotopic (exact) mass is 343 g/mol. The molecule has 0 unspecified atom stereocenters. The number of rotatable bonds is 3. The van der Waals surface area contributed by atoms with Crippen molar-refractivity contribution in [1.29, 1.82) is 0 Å². The van der Waals surface area contributed by atoms with Crippen LogP contribution in [0, 0.1) is 6.92 Å². The number of aromatic nitrogens is 1. The van der Waals surface area contributed by atoms with Gasteiger partial charge in [-0.05, 0) is 25.0 Å². The molecule has 25 heavy (non-hydrogen) atoms. The minimum atomic E-state index is -0.360. The molecule has 0 N–H and O–H groups in total. The minimum absolute atomic E-state index is 0.0411. The van der Waals surface area contributed by atoms with Crippen LogP contribution >= 0.6 is 0 Å². The molecule has 2 aromatic rings. The first-order valence-electron chi connectivity index (χ1n) is 8.22. The van der Waals surface area contributed by atoms with Gasteiger partial charge < -0.3 is 19.0 Å². The lowest BCUT2D eigenvalue weighted by molar-refractivity contribution is 0.0731. The third-order valence-electron chi connectivity index (χ3n) is 4.34. The van der Waals surface area contributed by atoms with Crippen LogP contribution in [-0.2, 0) is 0 Å². The first-order valence-corrected chi connectivity index (χ1v) is 8.22. The maximum absolute atomic E-state index is 12.6. The molecule has 1 aliphatic rings. The van der Waals surface area contributed by atoms with Gasteiger partial charge in [0, 0.05) is 50.3 Å². The smallest absolute Gasteiger partial charge is 0.289 e. The fourth-order valence-corrected chi connectivity index (χ4v) is 3.00. The summed E-state index contributed by atoms with van der Waals surface area (Å²) in [6, 6.07) is 3.19. The number of aryl methyl sites for hydroxylation is 1. The van der Waals surface area contributed by atoms with Crippen molar-refractivity contribution in [2.75, 3.05) is 38.2 Å². The SMILES string of the molecule is COc1coc(C(=O)N2CCCN(c3ccncc3C)CC2)cc1=O. The summed E-state index contributed by atoms with van der Waals surface area (Å²) in [7, 11) is 1.39.